The number of anilines is 1. The maximum atomic E-state index is 12.0. The molecular weight excluding hydrogens is 344 g/mol. The van der Waals surface area contributed by atoms with Crippen LogP contribution in [-0.2, 0) is 25.5 Å². The fourth-order valence-electron chi connectivity index (χ4n) is 2.41. The van der Waals surface area contributed by atoms with Crippen molar-refractivity contribution < 1.29 is 19.1 Å². The van der Waals surface area contributed by atoms with Gasteiger partial charge >= 0.3 is 11.9 Å². The summed E-state index contributed by atoms with van der Waals surface area (Å²) in [4.78, 5) is 28.3. The first-order chi connectivity index (χ1) is 13.1. The predicted molar refractivity (Wildman–Crippen MR) is 104 cm³/mol. The lowest BCUT2D eigenvalue weighted by Gasteiger charge is -2.09. The number of ether oxygens (including phenoxy) is 2. The predicted octanol–water partition coefficient (Wildman–Crippen LogP) is 3.73. The minimum absolute atomic E-state index is 0.173. The number of aromatic nitrogens is 1. The monoisotopic (exact) mass is 368 g/mol. The maximum Gasteiger partial charge on any atom is 0.347 e. The third-order valence-corrected chi connectivity index (χ3v) is 3.75. The van der Waals surface area contributed by atoms with Crippen LogP contribution in [0, 0.1) is 0 Å². The van der Waals surface area contributed by atoms with Crippen LogP contribution in [0.4, 0.5) is 5.69 Å². The molecule has 0 saturated heterocycles. The van der Waals surface area contributed by atoms with Gasteiger partial charge in [0, 0.05) is 23.8 Å². The van der Waals surface area contributed by atoms with Crippen LogP contribution in [-0.4, -0.2) is 30.1 Å². The molecule has 1 aromatic heterocycles. The standard InChI is InChI=1S/C21H24N2O4/c1-4-17-12-16(10-11-22-17)15-8-7-9-18(13-15)23-14-19(20(24)26-5-2)21(25)27-6-3/h7-14,23H,4-6H2,1-3H3. The van der Waals surface area contributed by atoms with Crippen molar-refractivity contribution in [3.63, 3.8) is 0 Å². The van der Waals surface area contributed by atoms with E-state index >= 15 is 0 Å². The van der Waals surface area contributed by atoms with Crippen molar-refractivity contribution in [1.82, 2.24) is 4.98 Å². The van der Waals surface area contributed by atoms with Crippen molar-refractivity contribution in [1.29, 1.82) is 0 Å². The molecule has 0 spiro atoms. The summed E-state index contributed by atoms with van der Waals surface area (Å²) in [6, 6.07) is 11.6. The fraction of sp³-hybridized carbons (Fsp3) is 0.286. The number of aryl methyl sites for hydroxylation is 1. The smallest absolute Gasteiger partial charge is 0.347 e. The average molecular weight is 368 g/mol. The highest BCUT2D eigenvalue weighted by Crippen LogP contribution is 2.23. The van der Waals surface area contributed by atoms with Crippen molar-refractivity contribution >= 4 is 17.6 Å². The molecule has 2 rings (SSSR count). The Morgan fingerprint density at radius 1 is 1.00 bits per heavy atom. The van der Waals surface area contributed by atoms with E-state index in [1.807, 2.05) is 36.4 Å². The van der Waals surface area contributed by atoms with Crippen LogP contribution >= 0.6 is 0 Å². The van der Waals surface area contributed by atoms with Crippen LogP contribution in [0.1, 0.15) is 26.5 Å². The normalized spacial score (nSPS) is 10.0. The first kappa shape index (κ1) is 20.2. The molecule has 0 aliphatic carbocycles. The van der Waals surface area contributed by atoms with Gasteiger partial charge in [0.1, 0.15) is 0 Å². The number of benzene rings is 1. The van der Waals surface area contributed by atoms with Crippen LogP contribution in [0.2, 0.25) is 0 Å². The average Bonchev–Trinajstić information content (AvgIpc) is 2.69. The van der Waals surface area contributed by atoms with E-state index in [4.69, 9.17) is 9.47 Å². The van der Waals surface area contributed by atoms with Crippen molar-refractivity contribution in [3.05, 3.63) is 60.1 Å². The zero-order chi connectivity index (χ0) is 19.6. The summed E-state index contributed by atoms with van der Waals surface area (Å²) in [5.74, 6) is -1.44. The molecule has 1 heterocycles. The fourth-order valence-corrected chi connectivity index (χ4v) is 2.41. The van der Waals surface area contributed by atoms with E-state index in [9.17, 15) is 9.59 Å². The van der Waals surface area contributed by atoms with Crippen LogP contribution in [0.5, 0.6) is 0 Å². The van der Waals surface area contributed by atoms with Gasteiger partial charge in [-0.1, -0.05) is 19.1 Å². The molecule has 6 nitrogen and oxygen atoms in total. The van der Waals surface area contributed by atoms with E-state index < -0.39 is 11.9 Å². The molecule has 142 valence electrons. The highest BCUT2D eigenvalue weighted by Gasteiger charge is 2.20. The third-order valence-electron chi connectivity index (χ3n) is 3.75. The van der Waals surface area contributed by atoms with E-state index in [1.54, 1.807) is 20.0 Å². The molecule has 0 fully saturated rings. The zero-order valence-corrected chi connectivity index (χ0v) is 15.8. The Hall–Kier alpha value is -3.15. The first-order valence-corrected chi connectivity index (χ1v) is 8.95. The third kappa shape index (κ3) is 5.67. The molecule has 0 aliphatic rings. The van der Waals surface area contributed by atoms with Gasteiger partial charge in [-0.2, -0.15) is 0 Å². The van der Waals surface area contributed by atoms with Crippen LogP contribution < -0.4 is 5.32 Å². The molecule has 27 heavy (non-hydrogen) atoms. The van der Waals surface area contributed by atoms with Crippen LogP contribution in [0.25, 0.3) is 11.1 Å². The second-order valence-electron chi connectivity index (χ2n) is 5.61. The Labute approximate surface area is 159 Å². The van der Waals surface area contributed by atoms with Gasteiger partial charge in [0.05, 0.1) is 13.2 Å². The number of hydrogen-bond donors (Lipinski definition) is 1. The lowest BCUT2D eigenvalue weighted by molar-refractivity contribution is -0.146. The molecule has 0 atom stereocenters. The van der Waals surface area contributed by atoms with Crippen LogP contribution in [0.3, 0.4) is 0 Å². The summed E-state index contributed by atoms with van der Waals surface area (Å²) < 4.78 is 9.85. The van der Waals surface area contributed by atoms with Crippen molar-refractivity contribution in [2.24, 2.45) is 0 Å². The Bertz CT molecular complexity index is 810. The van der Waals surface area contributed by atoms with E-state index in [-0.39, 0.29) is 18.8 Å². The number of nitrogens with one attached hydrogen (secondary N) is 1. The highest BCUT2D eigenvalue weighted by molar-refractivity contribution is 6.14. The lowest BCUT2D eigenvalue weighted by Crippen LogP contribution is -2.19. The highest BCUT2D eigenvalue weighted by atomic mass is 16.6. The second-order valence-corrected chi connectivity index (χ2v) is 5.61. The minimum Gasteiger partial charge on any atom is -0.462 e. The first-order valence-electron chi connectivity index (χ1n) is 8.95. The van der Waals surface area contributed by atoms with E-state index in [0.717, 1.165) is 28.9 Å². The topological polar surface area (TPSA) is 77.5 Å². The Balaban J connectivity index is 2.25. The van der Waals surface area contributed by atoms with Gasteiger partial charge in [0.15, 0.2) is 5.57 Å². The molecule has 0 unspecified atom stereocenters. The molecule has 0 bridgehead atoms. The quantitative estimate of drug-likeness (QED) is 0.331. The largest absolute Gasteiger partial charge is 0.462 e. The zero-order valence-electron chi connectivity index (χ0n) is 15.8. The van der Waals surface area contributed by atoms with Gasteiger partial charge in [-0.3, -0.25) is 4.98 Å². The van der Waals surface area contributed by atoms with E-state index in [1.165, 1.54) is 6.20 Å². The van der Waals surface area contributed by atoms with Gasteiger partial charge in [-0.25, -0.2) is 9.59 Å². The molecular formula is C21H24N2O4. The molecule has 0 radical (unpaired) electrons. The summed E-state index contributed by atoms with van der Waals surface area (Å²) in [5, 5.41) is 2.98. The Kier molecular flexibility index (Phi) is 7.55. The summed E-state index contributed by atoms with van der Waals surface area (Å²) in [6.45, 7) is 5.76. The van der Waals surface area contributed by atoms with Gasteiger partial charge in [-0.15, -0.1) is 0 Å². The van der Waals surface area contributed by atoms with E-state index in [2.05, 4.69) is 17.2 Å². The number of nitrogens with zero attached hydrogens (tertiary/aromatic N) is 1. The minimum atomic E-state index is -0.721. The molecule has 0 saturated carbocycles. The number of rotatable bonds is 8. The van der Waals surface area contributed by atoms with Gasteiger partial charge < -0.3 is 14.8 Å². The molecule has 6 heteroatoms. The summed E-state index contributed by atoms with van der Waals surface area (Å²) in [6.07, 6.45) is 3.96. The number of esters is 2. The molecule has 2 aromatic rings. The number of carbonyl (C=O) groups is 2. The van der Waals surface area contributed by atoms with Crippen LogP contribution in [0.15, 0.2) is 54.4 Å². The SMILES string of the molecule is CCOC(=O)C(=CNc1cccc(-c2ccnc(CC)c2)c1)C(=O)OCC. The van der Waals surface area contributed by atoms with Gasteiger partial charge in [0.25, 0.3) is 0 Å². The van der Waals surface area contributed by atoms with Gasteiger partial charge in [-0.05, 0) is 55.7 Å². The lowest BCUT2D eigenvalue weighted by atomic mass is 10.0. The second kappa shape index (κ2) is 10.1. The number of carbonyl (C=O) groups excluding carboxylic acids is 2. The Morgan fingerprint density at radius 3 is 2.30 bits per heavy atom. The molecule has 0 aliphatic heterocycles. The summed E-state index contributed by atoms with van der Waals surface area (Å²) in [5.41, 5.74) is 3.61. The Morgan fingerprint density at radius 2 is 1.67 bits per heavy atom. The van der Waals surface area contributed by atoms with Crippen molar-refractivity contribution in [2.45, 2.75) is 27.2 Å². The number of pyridine rings is 1. The van der Waals surface area contributed by atoms with Crippen molar-refractivity contribution in [2.75, 3.05) is 18.5 Å². The number of hydrogen-bond acceptors (Lipinski definition) is 6. The summed E-state index contributed by atoms with van der Waals surface area (Å²) >= 11 is 0. The van der Waals surface area contributed by atoms with E-state index in [0.29, 0.717) is 0 Å². The molecule has 1 aromatic carbocycles. The molecule has 1 N–H and O–H groups in total. The summed E-state index contributed by atoms with van der Waals surface area (Å²) in [7, 11) is 0. The maximum absolute atomic E-state index is 12.0. The van der Waals surface area contributed by atoms with Gasteiger partial charge in [0.2, 0.25) is 0 Å². The van der Waals surface area contributed by atoms with Crippen molar-refractivity contribution in [3.8, 4) is 11.1 Å². The molecule has 0 amide bonds.